The molecule has 0 bridgehead atoms. The van der Waals surface area contributed by atoms with Crippen molar-refractivity contribution in [1.29, 1.82) is 0 Å². The Morgan fingerprint density at radius 1 is 1.17 bits per heavy atom. The van der Waals surface area contributed by atoms with E-state index < -0.39 is 0 Å². The molecule has 1 aliphatic carbocycles. The third-order valence-corrected chi connectivity index (χ3v) is 5.01. The summed E-state index contributed by atoms with van der Waals surface area (Å²) in [7, 11) is 1.83. The molecule has 2 aliphatic rings. The zero-order valence-corrected chi connectivity index (χ0v) is 12.1. The Kier molecular flexibility index (Phi) is 5.46. The molecule has 2 fully saturated rings. The standard InChI is InChI=1S/C15H30N2O/c1-12-4-3-5-13(7-6-12)17-9-8-15(18-2)10-14(17)11-16/h12-15H,3-11,16H2,1-2H3. The molecule has 4 unspecified atom stereocenters. The van der Waals surface area contributed by atoms with Crippen LogP contribution < -0.4 is 5.73 Å². The minimum Gasteiger partial charge on any atom is -0.381 e. The highest BCUT2D eigenvalue weighted by Gasteiger charge is 2.32. The summed E-state index contributed by atoms with van der Waals surface area (Å²) in [6, 6.07) is 1.32. The fourth-order valence-corrected chi connectivity index (χ4v) is 3.76. The fourth-order valence-electron chi connectivity index (χ4n) is 3.76. The summed E-state index contributed by atoms with van der Waals surface area (Å²) in [6.07, 6.45) is 9.68. The average molecular weight is 254 g/mol. The van der Waals surface area contributed by atoms with Crippen LogP contribution in [0.2, 0.25) is 0 Å². The average Bonchev–Trinajstić information content (AvgIpc) is 2.62. The van der Waals surface area contributed by atoms with Crippen LogP contribution in [-0.2, 0) is 4.74 Å². The van der Waals surface area contributed by atoms with Crippen molar-refractivity contribution in [3.63, 3.8) is 0 Å². The topological polar surface area (TPSA) is 38.5 Å². The number of hydrogen-bond donors (Lipinski definition) is 1. The van der Waals surface area contributed by atoms with Crippen molar-refractivity contribution in [2.24, 2.45) is 11.7 Å². The van der Waals surface area contributed by atoms with Crippen molar-refractivity contribution in [3.05, 3.63) is 0 Å². The monoisotopic (exact) mass is 254 g/mol. The van der Waals surface area contributed by atoms with Crippen LogP contribution >= 0.6 is 0 Å². The van der Waals surface area contributed by atoms with Crippen LogP contribution in [0.4, 0.5) is 0 Å². The predicted octanol–water partition coefficient (Wildman–Crippen LogP) is 2.39. The highest BCUT2D eigenvalue weighted by atomic mass is 16.5. The van der Waals surface area contributed by atoms with Gasteiger partial charge in [-0.15, -0.1) is 0 Å². The van der Waals surface area contributed by atoms with Gasteiger partial charge in [-0.25, -0.2) is 0 Å². The van der Waals surface area contributed by atoms with E-state index in [9.17, 15) is 0 Å². The van der Waals surface area contributed by atoms with Crippen LogP contribution in [0, 0.1) is 5.92 Å². The molecule has 0 spiro atoms. The van der Waals surface area contributed by atoms with Gasteiger partial charge in [-0.05, 0) is 38.0 Å². The van der Waals surface area contributed by atoms with E-state index in [1.54, 1.807) is 0 Å². The van der Waals surface area contributed by atoms with E-state index in [4.69, 9.17) is 10.5 Å². The van der Waals surface area contributed by atoms with Gasteiger partial charge < -0.3 is 10.5 Å². The molecule has 0 aromatic rings. The lowest BCUT2D eigenvalue weighted by atomic mass is 9.94. The molecule has 0 aromatic heterocycles. The molecule has 1 saturated carbocycles. The van der Waals surface area contributed by atoms with Crippen LogP contribution in [0.15, 0.2) is 0 Å². The summed E-state index contributed by atoms with van der Waals surface area (Å²) >= 11 is 0. The molecular weight excluding hydrogens is 224 g/mol. The van der Waals surface area contributed by atoms with Crippen molar-refractivity contribution in [3.8, 4) is 0 Å². The highest BCUT2D eigenvalue weighted by molar-refractivity contribution is 4.88. The minimum absolute atomic E-state index is 0.430. The maximum absolute atomic E-state index is 5.99. The summed E-state index contributed by atoms with van der Waals surface area (Å²) in [5.74, 6) is 0.919. The van der Waals surface area contributed by atoms with E-state index in [0.29, 0.717) is 12.1 Å². The van der Waals surface area contributed by atoms with Crippen molar-refractivity contribution >= 4 is 0 Å². The molecular formula is C15H30N2O. The minimum atomic E-state index is 0.430. The van der Waals surface area contributed by atoms with Crippen LogP contribution in [-0.4, -0.2) is 43.3 Å². The van der Waals surface area contributed by atoms with Gasteiger partial charge in [0.15, 0.2) is 0 Å². The van der Waals surface area contributed by atoms with Gasteiger partial charge in [-0.3, -0.25) is 4.90 Å². The highest BCUT2D eigenvalue weighted by Crippen LogP contribution is 2.30. The van der Waals surface area contributed by atoms with E-state index in [1.807, 2.05) is 7.11 Å². The number of piperidine rings is 1. The molecule has 106 valence electrons. The van der Waals surface area contributed by atoms with Gasteiger partial charge in [0.25, 0.3) is 0 Å². The second kappa shape index (κ2) is 6.88. The second-order valence-electron chi connectivity index (χ2n) is 6.28. The normalized spacial score (nSPS) is 39.5. The first-order valence-corrected chi connectivity index (χ1v) is 7.73. The van der Waals surface area contributed by atoms with Crippen molar-refractivity contribution in [2.75, 3.05) is 20.2 Å². The molecule has 1 saturated heterocycles. The summed E-state index contributed by atoms with van der Waals surface area (Å²) in [4.78, 5) is 2.70. The molecule has 1 aliphatic heterocycles. The molecule has 1 heterocycles. The zero-order chi connectivity index (χ0) is 13.0. The van der Waals surface area contributed by atoms with E-state index in [-0.39, 0.29) is 0 Å². The number of rotatable bonds is 3. The first-order chi connectivity index (χ1) is 8.74. The molecule has 18 heavy (non-hydrogen) atoms. The number of nitrogens with two attached hydrogens (primary N) is 1. The third kappa shape index (κ3) is 3.46. The molecule has 2 N–H and O–H groups in total. The van der Waals surface area contributed by atoms with Crippen molar-refractivity contribution in [1.82, 2.24) is 4.90 Å². The summed E-state index contributed by atoms with van der Waals surface area (Å²) < 4.78 is 5.52. The Labute approximate surface area is 112 Å². The summed E-state index contributed by atoms with van der Waals surface area (Å²) in [5.41, 5.74) is 5.99. The van der Waals surface area contributed by atoms with Crippen LogP contribution in [0.25, 0.3) is 0 Å². The lowest BCUT2D eigenvalue weighted by Gasteiger charge is -2.43. The van der Waals surface area contributed by atoms with Gasteiger partial charge in [-0.1, -0.05) is 19.8 Å². The Morgan fingerprint density at radius 2 is 2.00 bits per heavy atom. The fraction of sp³-hybridized carbons (Fsp3) is 1.00. The lowest BCUT2D eigenvalue weighted by molar-refractivity contribution is -0.00701. The van der Waals surface area contributed by atoms with Gasteiger partial charge in [0.2, 0.25) is 0 Å². The molecule has 0 radical (unpaired) electrons. The van der Waals surface area contributed by atoms with Gasteiger partial charge in [-0.2, -0.15) is 0 Å². The first kappa shape index (κ1) is 14.3. The lowest BCUT2D eigenvalue weighted by Crippen LogP contribution is -2.52. The van der Waals surface area contributed by atoms with Crippen molar-refractivity contribution < 1.29 is 4.74 Å². The van der Waals surface area contributed by atoms with Crippen LogP contribution in [0.1, 0.15) is 51.9 Å². The Morgan fingerprint density at radius 3 is 2.72 bits per heavy atom. The predicted molar refractivity (Wildman–Crippen MR) is 75.6 cm³/mol. The van der Waals surface area contributed by atoms with Crippen LogP contribution in [0.3, 0.4) is 0 Å². The second-order valence-corrected chi connectivity index (χ2v) is 6.28. The number of ether oxygens (including phenoxy) is 1. The molecule has 3 nitrogen and oxygen atoms in total. The van der Waals surface area contributed by atoms with E-state index >= 15 is 0 Å². The number of nitrogens with zero attached hydrogens (tertiary/aromatic N) is 1. The third-order valence-electron chi connectivity index (χ3n) is 5.01. The van der Waals surface area contributed by atoms with E-state index in [0.717, 1.165) is 24.9 Å². The largest absolute Gasteiger partial charge is 0.381 e. The SMILES string of the molecule is COC1CCN(C2CCCC(C)CC2)C(CN)C1. The van der Waals surface area contributed by atoms with E-state index in [2.05, 4.69) is 11.8 Å². The van der Waals surface area contributed by atoms with Gasteiger partial charge in [0.1, 0.15) is 0 Å². The maximum atomic E-state index is 5.99. The Balaban J connectivity index is 1.93. The summed E-state index contributed by atoms with van der Waals surface area (Å²) in [5, 5.41) is 0. The van der Waals surface area contributed by atoms with Crippen LogP contribution in [0.5, 0.6) is 0 Å². The quantitative estimate of drug-likeness (QED) is 0.786. The molecule has 0 aromatic carbocycles. The van der Waals surface area contributed by atoms with Gasteiger partial charge in [0.05, 0.1) is 6.10 Å². The van der Waals surface area contributed by atoms with Gasteiger partial charge in [0, 0.05) is 32.3 Å². The first-order valence-electron chi connectivity index (χ1n) is 7.73. The number of hydrogen-bond acceptors (Lipinski definition) is 3. The number of likely N-dealkylation sites (tertiary alicyclic amines) is 1. The Bertz CT molecular complexity index is 247. The van der Waals surface area contributed by atoms with E-state index in [1.165, 1.54) is 45.1 Å². The molecule has 2 rings (SSSR count). The molecule has 4 atom stereocenters. The van der Waals surface area contributed by atoms with Crippen molar-refractivity contribution in [2.45, 2.75) is 70.1 Å². The van der Waals surface area contributed by atoms with Gasteiger partial charge >= 0.3 is 0 Å². The molecule has 0 amide bonds. The number of methoxy groups -OCH3 is 1. The smallest absolute Gasteiger partial charge is 0.0599 e. The molecule has 3 heteroatoms. The summed E-state index contributed by atoms with van der Waals surface area (Å²) in [6.45, 7) is 4.37. The maximum Gasteiger partial charge on any atom is 0.0599 e. The Hall–Kier alpha value is -0.120. The zero-order valence-electron chi connectivity index (χ0n) is 12.1.